The van der Waals surface area contributed by atoms with E-state index in [9.17, 15) is 9.90 Å². The highest BCUT2D eigenvalue weighted by Crippen LogP contribution is 2.21. The summed E-state index contributed by atoms with van der Waals surface area (Å²) in [6.07, 6.45) is 8.31. The van der Waals surface area contributed by atoms with Gasteiger partial charge in [-0.15, -0.1) is 0 Å². The van der Waals surface area contributed by atoms with Gasteiger partial charge in [0.05, 0.1) is 18.7 Å². The third-order valence-electron chi connectivity index (χ3n) is 3.08. The minimum atomic E-state index is -0.519. The lowest BCUT2D eigenvalue weighted by atomic mass is 10.1. The molecule has 1 aromatic heterocycles. The van der Waals surface area contributed by atoms with Crippen LogP contribution in [0, 0.1) is 0 Å². The van der Waals surface area contributed by atoms with Gasteiger partial charge in [0.2, 0.25) is 0 Å². The molecule has 1 aromatic rings. The predicted octanol–water partition coefficient (Wildman–Crippen LogP) is 1.85. The summed E-state index contributed by atoms with van der Waals surface area (Å²) < 4.78 is 5.02. The quantitative estimate of drug-likeness (QED) is 0.851. The van der Waals surface area contributed by atoms with Crippen LogP contribution in [0.25, 0.3) is 6.08 Å². The highest BCUT2D eigenvalue weighted by molar-refractivity contribution is 5.69. The third-order valence-corrected chi connectivity index (χ3v) is 3.08. The summed E-state index contributed by atoms with van der Waals surface area (Å²) in [5.41, 5.74) is 0.952. The summed E-state index contributed by atoms with van der Waals surface area (Å²) in [6.45, 7) is 3.96. The fraction of sp³-hybridized carbons (Fsp3) is 0.333. The van der Waals surface area contributed by atoms with Crippen molar-refractivity contribution in [2.75, 3.05) is 13.2 Å². The van der Waals surface area contributed by atoms with Crippen molar-refractivity contribution in [1.82, 2.24) is 9.88 Å². The predicted molar refractivity (Wildman–Crippen MR) is 75.9 cm³/mol. The molecule has 106 valence electrons. The molecule has 0 aromatic carbocycles. The van der Waals surface area contributed by atoms with E-state index in [-0.39, 0.29) is 19.2 Å². The Morgan fingerprint density at radius 2 is 2.50 bits per heavy atom. The van der Waals surface area contributed by atoms with E-state index in [0.29, 0.717) is 6.42 Å². The summed E-state index contributed by atoms with van der Waals surface area (Å²) in [5, 5.41) is 9.73. The molecule has 0 bridgehead atoms. The number of ether oxygens (including phenoxy) is 1. The van der Waals surface area contributed by atoms with Gasteiger partial charge < -0.3 is 9.84 Å². The van der Waals surface area contributed by atoms with Crippen LogP contribution in [0.4, 0.5) is 4.79 Å². The Hall–Kier alpha value is -2.14. The second-order valence-electron chi connectivity index (χ2n) is 4.62. The van der Waals surface area contributed by atoms with E-state index in [1.165, 1.54) is 11.0 Å². The summed E-state index contributed by atoms with van der Waals surface area (Å²) in [7, 11) is 0. The summed E-state index contributed by atoms with van der Waals surface area (Å²) >= 11 is 0. The van der Waals surface area contributed by atoms with Crippen LogP contribution in [0.5, 0.6) is 0 Å². The van der Waals surface area contributed by atoms with E-state index in [2.05, 4.69) is 11.6 Å². The van der Waals surface area contributed by atoms with Crippen molar-refractivity contribution < 1.29 is 14.6 Å². The molecule has 0 unspecified atom stereocenters. The molecular weight excluding hydrogens is 256 g/mol. The van der Waals surface area contributed by atoms with E-state index in [4.69, 9.17) is 4.74 Å². The molecule has 20 heavy (non-hydrogen) atoms. The first-order chi connectivity index (χ1) is 9.70. The van der Waals surface area contributed by atoms with E-state index in [1.54, 1.807) is 12.4 Å². The zero-order valence-electron chi connectivity index (χ0n) is 11.2. The largest absolute Gasteiger partial charge is 0.445 e. The van der Waals surface area contributed by atoms with Crippen molar-refractivity contribution in [3.8, 4) is 0 Å². The van der Waals surface area contributed by atoms with E-state index in [1.807, 2.05) is 24.3 Å². The Labute approximate surface area is 118 Å². The minimum absolute atomic E-state index is 0.164. The van der Waals surface area contributed by atoms with Crippen LogP contribution in [0.3, 0.4) is 0 Å². The number of β-amino-alcohol motifs (C(OH)–C–C–N with tert-alkyl or cyclic N) is 1. The standard InChI is InChI=1S/C15H18N2O3/c1-2-8-20-15(19)17-11-14(18)9-13(17)6-5-12-4-3-7-16-10-12/h2-7,10,13-14,18H,1,8-9,11H2/b6-5+/t13-,14-/m1/s1. The molecule has 2 rings (SSSR count). The highest BCUT2D eigenvalue weighted by atomic mass is 16.6. The molecule has 5 heteroatoms. The molecule has 1 saturated heterocycles. The first-order valence-corrected chi connectivity index (χ1v) is 6.51. The summed E-state index contributed by atoms with van der Waals surface area (Å²) in [6, 6.07) is 3.61. The Balaban J connectivity index is 2.03. The Bertz CT molecular complexity index is 487. The number of carbonyl (C=O) groups excluding carboxylic acids is 1. The number of aliphatic hydroxyl groups excluding tert-OH is 1. The van der Waals surface area contributed by atoms with Gasteiger partial charge >= 0.3 is 6.09 Å². The first-order valence-electron chi connectivity index (χ1n) is 6.51. The lowest BCUT2D eigenvalue weighted by Gasteiger charge is -2.20. The normalized spacial score (nSPS) is 22.1. The summed E-state index contributed by atoms with van der Waals surface area (Å²) in [4.78, 5) is 17.4. The molecule has 0 aliphatic carbocycles. The zero-order valence-corrected chi connectivity index (χ0v) is 11.2. The monoisotopic (exact) mass is 274 g/mol. The molecule has 0 spiro atoms. The smallest absolute Gasteiger partial charge is 0.410 e. The molecular formula is C15H18N2O3. The second-order valence-corrected chi connectivity index (χ2v) is 4.62. The number of aromatic nitrogens is 1. The van der Waals surface area contributed by atoms with Crippen LogP contribution in [0.2, 0.25) is 0 Å². The molecule has 0 saturated carbocycles. The summed E-state index contributed by atoms with van der Waals surface area (Å²) in [5.74, 6) is 0. The van der Waals surface area contributed by atoms with Crippen molar-refractivity contribution in [3.63, 3.8) is 0 Å². The molecule has 1 aliphatic heterocycles. The van der Waals surface area contributed by atoms with Crippen LogP contribution in [0.1, 0.15) is 12.0 Å². The Morgan fingerprint density at radius 1 is 1.65 bits per heavy atom. The number of rotatable bonds is 4. The van der Waals surface area contributed by atoms with Crippen molar-refractivity contribution in [2.24, 2.45) is 0 Å². The number of hydrogen-bond donors (Lipinski definition) is 1. The molecule has 1 amide bonds. The number of hydrogen-bond acceptors (Lipinski definition) is 4. The molecule has 2 atom stereocenters. The van der Waals surface area contributed by atoms with Crippen molar-refractivity contribution >= 4 is 12.2 Å². The molecule has 1 fully saturated rings. The third kappa shape index (κ3) is 3.68. The maximum Gasteiger partial charge on any atom is 0.410 e. The average molecular weight is 274 g/mol. The number of carbonyl (C=O) groups is 1. The highest BCUT2D eigenvalue weighted by Gasteiger charge is 2.33. The van der Waals surface area contributed by atoms with Gasteiger partial charge in [-0.05, 0) is 18.1 Å². The number of pyridine rings is 1. The Kier molecular flexibility index (Phi) is 4.90. The van der Waals surface area contributed by atoms with Crippen LogP contribution in [0.15, 0.2) is 43.3 Å². The molecule has 0 radical (unpaired) electrons. The number of likely N-dealkylation sites (tertiary alicyclic amines) is 1. The van der Waals surface area contributed by atoms with Gasteiger partial charge in [0.1, 0.15) is 6.61 Å². The van der Waals surface area contributed by atoms with Gasteiger partial charge in [0.25, 0.3) is 0 Å². The van der Waals surface area contributed by atoms with Crippen LogP contribution >= 0.6 is 0 Å². The van der Waals surface area contributed by atoms with Crippen LogP contribution in [-0.2, 0) is 4.74 Å². The zero-order chi connectivity index (χ0) is 14.4. The second kappa shape index (κ2) is 6.86. The van der Waals surface area contributed by atoms with Crippen molar-refractivity contribution in [3.05, 3.63) is 48.8 Å². The van der Waals surface area contributed by atoms with Crippen molar-refractivity contribution in [2.45, 2.75) is 18.6 Å². The lowest BCUT2D eigenvalue weighted by Crippen LogP contribution is -2.35. The van der Waals surface area contributed by atoms with Gasteiger partial charge in [0.15, 0.2) is 0 Å². The average Bonchev–Trinajstić information content (AvgIpc) is 2.85. The van der Waals surface area contributed by atoms with E-state index >= 15 is 0 Å². The fourth-order valence-corrected chi connectivity index (χ4v) is 2.15. The molecule has 2 heterocycles. The van der Waals surface area contributed by atoms with Gasteiger partial charge in [-0.3, -0.25) is 9.88 Å². The van der Waals surface area contributed by atoms with Crippen molar-refractivity contribution in [1.29, 1.82) is 0 Å². The maximum atomic E-state index is 11.9. The van der Waals surface area contributed by atoms with Gasteiger partial charge in [-0.25, -0.2) is 4.79 Å². The van der Waals surface area contributed by atoms with E-state index < -0.39 is 12.2 Å². The van der Waals surface area contributed by atoms with Gasteiger partial charge in [0, 0.05) is 12.4 Å². The topological polar surface area (TPSA) is 62.7 Å². The molecule has 5 nitrogen and oxygen atoms in total. The number of amides is 1. The van der Waals surface area contributed by atoms with Gasteiger partial charge in [-0.2, -0.15) is 0 Å². The molecule has 1 aliphatic rings. The molecule has 1 N–H and O–H groups in total. The van der Waals surface area contributed by atoms with Crippen LogP contribution in [-0.4, -0.2) is 46.4 Å². The number of aliphatic hydroxyl groups is 1. The fourth-order valence-electron chi connectivity index (χ4n) is 2.15. The SMILES string of the molecule is C=CCOC(=O)N1C[C@H](O)C[C@H]1/C=C/c1cccnc1. The first kappa shape index (κ1) is 14.3. The minimum Gasteiger partial charge on any atom is -0.445 e. The lowest BCUT2D eigenvalue weighted by molar-refractivity contribution is 0.107. The van der Waals surface area contributed by atoms with Crippen LogP contribution < -0.4 is 0 Å². The van der Waals surface area contributed by atoms with E-state index in [0.717, 1.165) is 5.56 Å². The Morgan fingerprint density at radius 3 is 3.20 bits per heavy atom. The maximum absolute atomic E-state index is 11.9. The number of nitrogens with zero attached hydrogens (tertiary/aromatic N) is 2. The van der Waals surface area contributed by atoms with Gasteiger partial charge in [-0.1, -0.05) is 30.9 Å².